The zero-order chi connectivity index (χ0) is 10.8. The molecular weight excluding hydrogens is 196 g/mol. The molecule has 1 saturated heterocycles. The van der Waals surface area contributed by atoms with E-state index in [0.717, 1.165) is 18.4 Å². The molecule has 0 saturated carbocycles. The van der Waals surface area contributed by atoms with Crippen molar-refractivity contribution in [2.75, 3.05) is 6.61 Å². The van der Waals surface area contributed by atoms with Gasteiger partial charge in [0.1, 0.15) is 6.23 Å². The topological polar surface area (TPSA) is 64.4 Å². The van der Waals surface area contributed by atoms with Gasteiger partial charge >= 0.3 is 5.69 Å². The van der Waals surface area contributed by atoms with Crippen LogP contribution in [-0.4, -0.2) is 27.4 Å². The SMILES string of the molecule is Cc1cnc(=O)n([C@H]2CC[C@@H](CO)O2)c1. The van der Waals surface area contributed by atoms with E-state index in [1.165, 1.54) is 10.8 Å². The molecule has 2 heterocycles. The number of nitrogens with zero attached hydrogens (tertiary/aromatic N) is 2. The molecule has 15 heavy (non-hydrogen) atoms. The van der Waals surface area contributed by atoms with E-state index < -0.39 is 0 Å². The highest BCUT2D eigenvalue weighted by molar-refractivity contribution is 5.00. The summed E-state index contributed by atoms with van der Waals surface area (Å²) < 4.78 is 7.00. The zero-order valence-electron chi connectivity index (χ0n) is 8.59. The van der Waals surface area contributed by atoms with Gasteiger partial charge in [0.25, 0.3) is 0 Å². The predicted octanol–water partition coefficient (Wildman–Crippen LogP) is 0.222. The summed E-state index contributed by atoms with van der Waals surface area (Å²) in [4.78, 5) is 15.2. The monoisotopic (exact) mass is 210 g/mol. The Hall–Kier alpha value is -1.20. The van der Waals surface area contributed by atoms with Gasteiger partial charge in [-0.15, -0.1) is 0 Å². The van der Waals surface area contributed by atoms with Crippen LogP contribution in [0.2, 0.25) is 0 Å². The fourth-order valence-corrected chi connectivity index (χ4v) is 1.76. The molecule has 0 amide bonds. The van der Waals surface area contributed by atoms with E-state index in [9.17, 15) is 4.79 Å². The third kappa shape index (κ3) is 2.08. The number of rotatable bonds is 2. The van der Waals surface area contributed by atoms with Crippen LogP contribution in [0.4, 0.5) is 0 Å². The maximum absolute atomic E-state index is 11.5. The van der Waals surface area contributed by atoms with Crippen molar-refractivity contribution in [3.63, 3.8) is 0 Å². The molecule has 1 aliphatic heterocycles. The van der Waals surface area contributed by atoms with Crippen LogP contribution in [0.25, 0.3) is 0 Å². The lowest BCUT2D eigenvalue weighted by Crippen LogP contribution is -2.27. The highest BCUT2D eigenvalue weighted by Gasteiger charge is 2.26. The second kappa shape index (κ2) is 4.12. The van der Waals surface area contributed by atoms with Crippen LogP contribution in [0, 0.1) is 6.92 Å². The standard InChI is InChI=1S/C10H14N2O3/c1-7-4-11-10(14)12(5-7)9-3-2-8(6-13)15-9/h4-5,8-9,13H,2-3,6H2,1H3/t8-,9+/m0/s1. The van der Waals surface area contributed by atoms with E-state index in [2.05, 4.69) is 4.98 Å². The van der Waals surface area contributed by atoms with Crippen molar-refractivity contribution in [2.45, 2.75) is 32.1 Å². The Morgan fingerprint density at radius 2 is 2.47 bits per heavy atom. The smallest absolute Gasteiger partial charge is 0.349 e. The number of ether oxygens (including phenoxy) is 1. The van der Waals surface area contributed by atoms with Crippen molar-refractivity contribution in [3.8, 4) is 0 Å². The van der Waals surface area contributed by atoms with Crippen molar-refractivity contribution in [2.24, 2.45) is 0 Å². The van der Waals surface area contributed by atoms with Crippen LogP contribution in [0.3, 0.4) is 0 Å². The maximum Gasteiger partial charge on any atom is 0.349 e. The fraction of sp³-hybridized carbons (Fsp3) is 0.600. The summed E-state index contributed by atoms with van der Waals surface area (Å²) in [6, 6.07) is 0. The molecule has 2 rings (SSSR count). The first kappa shape index (κ1) is 10.3. The van der Waals surface area contributed by atoms with Gasteiger partial charge in [-0.2, -0.15) is 0 Å². The minimum absolute atomic E-state index is 0.00446. The molecule has 1 N–H and O–H groups in total. The van der Waals surface area contributed by atoms with E-state index in [1.54, 1.807) is 6.20 Å². The van der Waals surface area contributed by atoms with Gasteiger partial charge < -0.3 is 9.84 Å². The molecule has 0 radical (unpaired) electrons. The van der Waals surface area contributed by atoms with Gasteiger partial charge in [-0.1, -0.05) is 0 Å². The number of aliphatic hydroxyl groups is 1. The molecule has 1 aromatic heterocycles. The Kier molecular flexibility index (Phi) is 2.83. The number of hydrogen-bond donors (Lipinski definition) is 1. The predicted molar refractivity (Wildman–Crippen MR) is 53.5 cm³/mol. The third-order valence-electron chi connectivity index (χ3n) is 2.54. The Morgan fingerprint density at radius 3 is 3.13 bits per heavy atom. The van der Waals surface area contributed by atoms with Crippen molar-refractivity contribution in [3.05, 3.63) is 28.4 Å². The second-order valence-electron chi connectivity index (χ2n) is 3.79. The summed E-state index contributed by atoms with van der Waals surface area (Å²) in [5.74, 6) is 0. The Balaban J connectivity index is 2.23. The van der Waals surface area contributed by atoms with Gasteiger partial charge in [0, 0.05) is 12.4 Å². The van der Waals surface area contributed by atoms with Crippen molar-refractivity contribution < 1.29 is 9.84 Å². The van der Waals surface area contributed by atoms with Crippen molar-refractivity contribution >= 4 is 0 Å². The molecule has 1 aliphatic rings. The Bertz CT molecular complexity index is 402. The lowest BCUT2D eigenvalue weighted by molar-refractivity contribution is -0.0246. The molecule has 5 heteroatoms. The maximum atomic E-state index is 11.5. The summed E-state index contributed by atoms with van der Waals surface area (Å²) in [6.45, 7) is 1.88. The third-order valence-corrected chi connectivity index (χ3v) is 2.54. The quantitative estimate of drug-likeness (QED) is 0.758. The van der Waals surface area contributed by atoms with Crippen LogP contribution < -0.4 is 5.69 Å². The summed E-state index contributed by atoms with van der Waals surface area (Å²) in [7, 11) is 0. The molecule has 1 aromatic rings. The van der Waals surface area contributed by atoms with Gasteiger partial charge in [-0.25, -0.2) is 9.78 Å². The summed E-state index contributed by atoms with van der Waals surface area (Å²) in [5.41, 5.74) is 0.620. The summed E-state index contributed by atoms with van der Waals surface area (Å²) >= 11 is 0. The van der Waals surface area contributed by atoms with E-state index in [1.807, 2.05) is 6.92 Å². The van der Waals surface area contributed by atoms with E-state index in [0.29, 0.717) is 0 Å². The van der Waals surface area contributed by atoms with Gasteiger partial charge in [0.2, 0.25) is 0 Å². The molecule has 0 aliphatic carbocycles. The lowest BCUT2D eigenvalue weighted by atomic mass is 10.2. The summed E-state index contributed by atoms with van der Waals surface area (Å²) in [5, 5.41) is 8.93. The van der Waals surface area contributed by atoms with E-state index >= 15 is 0 Å². The Labute approximate surface area is 87.3 Å². The Morgan fingerprint density at radius 1 is 1.67 bits per heavy atom. The molecule has 5 nitrogen and oxygen atoms in total. The van der Waals surface area contributed by atoms with Crippen LogP contribution in [0.1, 0.15) is 24.6 Å². The van der Waals surface area contributed by atoms with E-state index in [-0.39, 0.29) is 24.6 Å². The van der Waals surface area contributed by atoms with Gasteiger partial charge in [0.05, 0.1) is 12.7 Å². The largest absolute Gasteiger partial charge is 0.394 e. The molecule has 0 spiro atoms. The lowest BCUT2D eigenvalue weighted by Gasteiger charge is -2.14. The number of aryl methyl sites for hydroxylation is 1. The number of aromatic nitrogens is 2. The molecular formula is C10H14N2O3. The number of hydrogen-bond acceptors (Lipinski definition) is 4. The minimum atomic E-state index is -0.302. The fourth-order valence-electron chi connectivity index (χ4n) is 1.76. The molecule has 82 valence electrons. The molecule has 1 fully saturated rings. The van der Waals surface area contributed by atoms with Crippen LogP contribution in [0.15, 0.2) is 17.2 Å². The molecule has 0 unspecified atom stereocenters. The highest BCUT2D eigenvalue weighted by atomic mass is 16.5. The van der Waals surface area contributed by atoms with Crippen molar-refractivity contribution in [1.82, 2.24) is 9.55 Å². The van der Waals surface area contributed by atoms with Crippen LogP contribution in [-0.2, 0) is 4.74 Å². The number of aliphatic hydroxyl groups excluding tert-OH is 1. The van der Waals surface area contributed by atoms with E-state index in [4.69, 9.17) is 9.84 Å². The molecule has 2 atom stereocenters. The van der Waals surface area contributed by atoms with Crippen LogP contribution in [0.5, 0.6) is 0 Å². The first-order valence-electron chi connectivity index (χ1n) is 5.02. The van der Waals surface area contributed by atoms with Gasteiger partial charge in [-0.3, -0.25) is 4.57 Å². The average Bonchev–Trinajstić information content (AvgIpc) is 2.70. The normalized spacial score (nSPS) is 25.7. The second-order valence-corrected chi connectivity index (χ2v) is 3.79. The highest BCUT2D eigenvalue weighted by Crippen LogP contribution is 2.26. The average molecular weight is 210 g/mol. The zero-order valence-corrected chi connectivity index (χ0v) is 8.59. The first-order chi connectivity index (χ1) is 7.20. The molecule has 0 bridgehead atoms. The van der Waals surface area contributed by atoms with Gasteiger partial charge in [0.15, 0.2) is 0 Å². The van der Waals surface area contributed by atoms with Gasteiger partial charge in [-0.05, 0) is 25.3 Å². The minimum Gasteiger partial charge on any atom is -0.394 e. The first-order valence-corrected chi connectivity index (χ1v) is 5.02. The van der Waals surface area contributed by atoms with Crippen LogP contribution >= 0.6 is 0 Å². The molecule has 0 aromatic carbocycles. The van der Waals surface area contributed by atoms with Crippen molar-refractivity contribution in [1.29, 1.82) is 0 Å². The summed E-state index contributed by atoms with van der Waals surface area (Å²) in [6.07, 6.45) is 4.37.